The van der Waals surface area contributed by atoms with Crippen molar-refractivity contribution in [2.24, 2.45) is 18.9 Å². The first-order valence-electron chi connectivity index (χ1n) is 6.59. The molecule has 7 heteroatoms. The number of rotatable bonds is 4. The molecule has 2 rings (SSSR count). The van der Waals surface area contributed by atoms with E-state index in [2.05, 4.69) is 4.98 Å². The highest BCUT2D eigenvalue weighted by Crippen LogP contribution is 2.25. The Bertz CT molecular complexity index is 507. The van der Waals surface area contributed by atoms with Gasteiger partial charge in [0, 0.05) is 45.5 Å². The molecule has 110 valence electrons. The molecule has 20 heavy (non-hydrogen) atoms. The maximum Gasteiger partial charge on any atom is 0.320 e. The highest BCUT2D eigenvalue weighted by atomic mass is 16.4. The molecule has 1 aliphatic rings. The lowest BCUT2D eigenvalue weighted by atomic mass is 9.87. The SMILES string of the molecule is CC(C(=O)O)C1CN(C(=O)N(C)Cc2nccn2C)C1. The van der Waals surface area contributed by atoms with Gasteiger partial charge in [-0.15, -0.1) is 0 Å². The molecule has 0 bridgehead atoms. The largest absolute Gasteiger partial charge is 0.481 e. The molecule has 1 saturated heterocycles. The molecule has 1 aromatic rings. The molecule has 2 heterocycles. The van der Waals surface area contributed by atoms with E-state index in [1.54, 1.807) is 30.0 Å². The number of aliphatic carboxylic acids is 1. The highest BCUT2D eigenvalue weighted by Gasteiger charge is 2.38. The van der Waals surface area contributed by atoms with E-state index in [0.29, 0.717) is 19.6 Å². The minimum absolute atomic E-state index is 0.0537. The van der Waals surface area contributed by atoms with E-state index in [1.807, 2.05) is 17.8 Å². The van der Waals surface area contributed by atoms with Crippen molar-refractivity contribution in [3.63, 3.8) is 0 Å². The maximum absolute atomic E-state index is 12.2. The quantitative estimate of drug-likeness (QED) is 0.877. The summed E-state index contributed by atoms with van der Waals surface area (Å²) in [6.45, 7) is 3.15. The lowest BCUT2D eigenvalue weighted by Crippen LogP contribution is -2.56. The minimum Gasteiger partial charge on any atom is -0.481 e. The predicted molar refractivity (Wildman–Crippen MR) is 71.9 cm³/mol. The second kappa shape index (κ2) is 5.52. The zero-order chi connectivity index (χ0) is 14.9. The number of nitrogens with zero attached hydrogens (tertiary/aromatic N) is 4. The maximum atomic E-state index is 12.2. The number of carbonyl (C=O) groups is 2. The summed E-state index contributed by atoms with van der Waals surface area (Å²) in [5.74, 6) is -0.336. The van der Waals surface area contributed by atoms with Gasteiger partial charge in [-0.05, 0) is 0 Å². The van der Waals surface area contributed by atoms with Crippen LogP contribution in [0, 0.1) is 11.8 Å². The van der Waals surface area contributed by atoms with E-state index in [-0.39, 0.29) is 11.9 Å². The highest BCUT2D eigenvalue weighted by molar-refractivity contribution is 5.76. The summed E-state index contributed by atoms with van der Waals surface area (Å²) in [5.41, 5.74) is 0. The summed E-state index contributed by atoms with van der Waals surface area (Å²) in [5, 5.41) is 8.93. The lowest BCUT2D eigenvalue weighted by molar-refractivity contribution is -0.144. The summed E-state index contributed by atoms with van der Waals surface area (Å²) in [6, 6.07) is -0.0816. The average molecular weight is 280 g/mol. The molecule has 0 aromatic carbocycles. The van der Waals surface area contributed by atoms with Crippen LogP contribution in [0.3, 0.4) is 0 Å². The van der Waals surface area contributed by atoms with E-state index < -0.39 is 11.9 Å². The Morgan fingerprint density at radius 3 is 2.70 bits per heavy atom. The van der Waals surface area contributed by atoms with Gasteiger partial charge in [-0.25, -0.2) is 9.78 Å². The molecular weight excluding hydrogens is 260 g/mol. The fourth-order valence-electron chi connectivity index (χ4n) is 2.26. The van der Waals surface area contributed by atoms with E-state index >= 15 is 0 Å². The lowest BCUT2D eigenvalue weighted by Gasteiger charge is -2.42. The molecular formula is C13H20N4O3. The molecule has 0 saturated carbocycles. The predicted octanol–water partition coefficient (Wildman–Crippen LogP) is 0.624. The fourth-order valence-corrected chi connectivity index (χ4v) is 2.26. The Labute approximate surface area is 117 Å². The third-order valence-electron chi connectivity index (χ3n) is 3.90. The van der Waals surface area contributed by atoms with Crippen LogP contribution in [0.5, 0.6) is 0 Å². The third-order valence-corrected chi connectivity index (χ3v) is 3.90. The number of aryl methyl sites for hydroxylation is 1. The number of carboxylic acid groups (broad SMARTS) is 1. The van der Waals surface area contributed by atoms with E-state index in [9.17, 15) is 9.59 Å². The van der Waals surface area contributed by atoms with E-state index in [4.69, 9.17) is 5.11 Å². The molecule has 1 aliphatic heterocycles. The second-order valence-corrected chi connectivity index (χ2v) is 5.38. The zero-order valence-electron chi connectivity index (χ0n) is 12.0. The molecule has 1 atom stereocenters. The van der Waals surface area contributed by atoms with Crippen molar-refractivity contribution in [3.05, 3.63) is 18.2 Å². The van der Waals surface area contributed by atoms with Gasteiger partial charge in [0.1, 0.15) is 5.82 Å². The summed E-state index contributed by atoms with van der Waals surface area (Å²) in [4.78, 5) is 30.5. The summed E-state index contributed by atoms with van der Waals surface area (Å²) < 4.78 is 1.87. The first-order valence-corrected chi connectivity index (χ1v) is 6.59. The third kappa shape index (κ3) is 2.76. The van der Waals surface area contributed by atoms with Crippen LogP contribution < -0.4 is 0 Å². The fraction of sp³-hybridized carbons (Fsp3) is 0.615. The topological polar surface area (TPSA) is 78.7 Å². The van der Waals surface area contributed by atoms with Crippen molar-refractivity contribution < 1.29 is 14.7 Å². The van der Waals surface area contributed by atoms with Crippen LogP contribution in [0.4, 0.5) is 4.79 Å². The van der Waals surface area contributed by atoms with Crippen molar-refractivity contribution >= 4 is 12.0 Å². The van der Waals surface area contributed by atoms with Crippen molar-refractivity contribution in [1.29, 1.82) is 0 Å². The zero-order valence-corrected chi connectivity index (χ0v) is 12.0. The van der Waals surface area contributed by atoms with Crippen LogP contribution in [0.2, 0.25) is 0 Å². The number of hydrogen-bond donors (Lipinski definition) is 1. The Kier molecular flexibility index (Phi) is 3.96. The van der Waals surface area contributed by atoms with Crippen LogP contribution in [-0.2, 0) is 18.4 Å². The van der Waals surface area contributed by atoms with Crippen molar-refractivity contribution in [3.8, 4) is 0 Å². The first kappa shape index (κ1) is 14.4. The van der Waals surface area contributed by atoms with Crippen molar-refractivity contribution in [1.82, 2.24) is 19.4 Å². The number of imidazole rings is 1. The number of hydrogen-bond acceptors (Lipinski definition) is 3. The molecule has 0 spiro atoms. The molecule has 1 N–H and O–H groups in total. The van der Waals surface area contributed by atoms with Gasteiger partial charge in [-0.2, -0.15) is 0 Å². The van der Waals surface area contributed by atoms with Crippen LogP contribution >= 0.6 is 0 Å². The van der Waals surface area contributed by atoms with Gasteiger partial charge in [-0.1, -0.05) is 6.92 Å². The molecule has 0 aliphatic carbocycles. The molecule has 2 amide bonds. The normalized spacial score (nSPS) is 16.6. The Balaban J connectivity index is 1.84. The smallest absolute Gasteiger partial charge is 0.320 e. The second-order valence-electron chi connectivity index (χ2n) is 5.38. The summed E-state index contributed by atoms with van der Waals surface area (Å²) in [6.07, 6.45) is 3.53. The van der Waals surface area contributed by atoms with Gasteiger partial charge >= 0.3 is 12.0 Å². The van der Waals surface area contributed by atoms with Crippen LogP contribution in [0.1, 0.15) is 12.7 Å². The number of urea groups is 1. The Morgan fingerprint density at radius 2 is 2.20 bits per heavy atom. The van der Waals surface area contributed by atoms with Gasteiger partial charge in [0.15, 0.2) is 0 Å². The van der Waals surface area contributed by atoms with Gasteiger partial charge in [0.05, 0.1) is 12.5 Å². The summed E-state index contributed by atoms with van der Waals surface area (Å²) >= 11 is 0. The molecule has 0 radical (unpaired) electrons. The number of carboxylic acids is 1. The standard InChI is InChI=1S/C13H20N4O3/c1-9(12(18)19)10-6-17(7-10)13(20)16(3)8-11-14-4-5-15(11)2/h4-5,9-10H,6-8H2,1-3H3,(H,18,19). The minimum atomic E-state index is -0.802. The van der Waals surface area contributed by atoms with Crippen LogP contribution in [0.15, 0.2) is 12.4 Å². The Hall–Kier alpha value is -2.05. The molecule has 7 nitrogen and oxygen atoms in total. The molecule has 1 unspecified atom stereocenters. The van der Waals surface area contributed by atoms with Crippen LogP contribution in [0.25, 0.3) is 0 Å². The summed E-state index contributed by atoms with van der Waals surface area (Å²) in [7, 11) is 3.61. The van der Waals surface area contributed by atoms with E-state index in [1.165, 1.54) is 0 Å². The monoisotopic (exact) mass is 280 g/mol. The molecule has 1 aromatic heterocycles. The van der Waals surface area contributed by atoms with Crippen molar-refractivity contribution in [2.45, 2.75) is 13.5 Å². The van der Waals surface area contributed by atoms with Gasteiger partial charge < -0.3 is 19.5 Å². The Morgan fingerprint density at radius 1 is 1.55 bits per heavy atom. The first-order chi connectivity index (χ1) is 9.40. The molecule has 1 fully saturated rings. The number of carbonyl (C=O) groups excluding carboxylic acids is 1. The van der Waals surface area contributed by atoms with E-state index in [0.717, 1.165) is 5.82 Å². The number of aromatic nitrogens is 2. The van der Waals surface area contributed by atoms with Gasteiger partial charge in [-0.3, -0.25) is 4.79 Å². The van der Waals surface area contributed by atoms with Crippen molar-refractivity contribution in [2.75, 3.05) is 20.1 Å². The van der Waals surface area contributed by atoms with Gasteiger partial charge in [0.2, 0.25) is 0 Å². The van der Waals surface area contributed by atoms with Gasteiger partial charge in [0.25, 0.3) is 0 Å². The van der Waals surface area contributed by atoms with Crippen LogP contribution in [-0.4, -0.2) is 56.6 Å². The number of likely N-dealkylation sites (tertiary alicyclic amines) is 1. The average Bonchev–Trinajstić information content (AvgIpc) is 2.72. The number of amides is 2.